The summed E-state index contributed by atoms with van der Waals surface area (Å²) in [6.07, 6.45) is 1.29. The first-order valence-electron chi connectivity index (χ1n) is 6.96. The summed E-state index contributed by atoms with van der Waals surface area (Å²) < 4.78 is 26.6. The lowest BCUT2D eigenvalue weighted by molar-refractivity contribution is 0.586. The van der Waals surface area contributed by atoms with Crippen LogP contribution in [0, 0.1) is 23.0 Å². The first-order chi connectivity index (χ1) is 11.7. The number of nitriles is 1. The quantitative estimate of drug-likeness (QED) is 0.756. The van der Waals surface area contributed by atoms with Gasteiger partial charge < -0.3 is 10.6 Å². The fourth-order valence-electron chi connectivity index (χ4n) is 2.05. The average Bonchev–Trinajstić information content (AvgIpc) is 2.58. The molecule has 3 rings (SSSR count). The third-order valence-corrected chi connectivity index (χ3v) is 3.17. The van der Waals surface area contributed by atoms with Gasteiger partial charge in [0.1, 0.15) is 35.7 Å². The second-order valence-electron chi connectivity index (χ2n) is 4.82. The second kappa shape index (κ2) is 6.71. The molecule has 0 amide bonds. The van der Waals surface area contributed by atoms with Crippen LogP contribution in [0.5, 0.6) is 0 Å². The Morgan fingerprint density at radius 3 is 2.29 bits per heavy atom. The van der Waals surface area contributed by atoms with Crippen LogP contribution in [0.3, 0.4) is 0 Å². The number of para-hydroxylation sites is 1. The van der Waals surface area contributed by atoms with Gasteiger partial charge in [0.25, 0.3) is 0 Å². The minimum absolute atomic E-state index is 0.0958. The van der Waals surface area contributed by atoms with Gasteiger partial charge in [0.2, 0.25) is 0 Å². The Kier molecular flexibility index (Phi) is 4.29. The van der Waals surface area contributed by atoms with Crippen LogP contribution in [0.1, 0.15) is 5.56 Å². The van der Waals surface area contributed by atoms with Gasteiger partial charge in [-0.05, 0) is 24.3 Å². The molecule has 2 N–H and O–H groups in total. The number of halogens is 2. The number of aromatic nitrogens is 2. The van der Waals surface area contributed by atoms with Gasteiger partial charge in [-0.3, -0.25) is 0 Å². The van der Waals surface area contributed by atoms with E-state index in [0.29, 0.717) is 22.9 Å². The lowest BCUT2D eigenvalue weighted by atomic mass is 10.2. The summed E-state index contributed by atoms with van der Waals surface area (Å²) in [7, 11) is 0. The molecule has 0 spiro atoms. The predicted molar refractivity (Wildman–Crippen MR) is 86.1 cm³/mol. The van der Waals surface area contributed by atoms with Gasteiger partial charge in [-0.15, -0.1) is 0 Å². The SMILES string of the molecule is N#Cc1ccccc1Nc1cc(Nc2ccc(F)cc2F)ncn1. The topological polar surface area (TPSA) is 73.6 Å². The van der Waals surface area contributed by atoms with E-state index in [1.807, 2.05) is 0 Å². The highest BCUT2D eigenvalue weighted by molar-refractivity contribution is 5.67. The summed E-state index contributed by atoms with van der Waals surface area (Å²) in [6, 6.07) is 13.8. The monoisotopic (exact) mass is 323 g/mol. The van der Waals surface area contributed by atoms with Crippen LogP contribution in [-0.2, 0) is 0 Å². The molecule has 0 aliphatic carbocycles. The number of benzene rings is 2. The molecule has 1 heterocycles. The second-order valence-corrected chi connectivity index (χ2v) is 4.82. The number of anilines is 4. The molecule has 0 radical (unpaired) electrons. The van der Waals surface area contributed by atoms with Crippen molar-refractivity contribution in [1.29, 1.82) is 5.26 Å². The van der Waals surface area contributed by atoms with E-state index in [9.17, 15) is 8.78 Å². The molecule has 118 valence electrons. The van der Waals surface area contributed by atoms with Crippen LogP contribution in [0.2, 0.25) is 0 Å². The highest BCUT2D eigenvalue weighted by atomic mass is 19.1. The maximum Gasteiger partial charge on any atom is 0.149 e. The Labute approximate surface area is 136 Å². The van der Waals surface area contributed by atoms with Crippen molar-refractivity contribution in [2.45, 2.75) is 0 Å². The summed E-state index contributed by atoms with van der Waals surface area (Å²) in [5, 5.41) is 14.9. The number of hydrogen-bond acceptors (Lipinski definition) is 5. The molecule has 3 aromatic rings. The van der Waals surface area contributed by atoms with E-state index >= 15 is 0 Å². The minimum atomic E-state index is -0.724. The van der Waals surface area contributed by atoms with Crippen LogP contribution in [0.15, 0.2) is 54.9 Å². The number of hydrogen-bond donors (Lipinski definition) is 2. The molecule has 24 heavy (non-hydrogen) atoms. The molecule has 0 atom stereocenters. The Bertz CT molecular complexity index is 921. The fraction of sp³-hybridized carbons (Fsp3) is 0. The van der Waals surface area contributed by atoms with Crippen molar-refractivity contribution in [2.24, 2.45) is 0 Å². The molecule has 0 bridgehead atoms. The Hall–Kier alpha value is -3.53. The van der Waals surface area contributed by atoms with E-state index in [1.54, 1.807) is 30.3 Å². The Balaban J connectivity index is 1.83. The molecule has 2 aromatic carbocycles. The van der Waals surface area contributed by atoms with Gasteiger partial charge in [-0.2, -0.15) is 5.26 Å². The molecule has 5 nitrogen and oxygen atoms in total. The van der Waals surface area contributed by atoms with Crippen LogP contribution >= 0.6 is 0 Å². The highest BCUT2D eigenvalue weighted by Gasteiger charge is 2.07. The molecular weight excluding hydrogens is 312 g/mol. The lowest BCUT2D eigenvalue weighted by Gasteiger charge is -2.10. The van der Waals surface area contributed by atoms with Gasteiger partial charge >= 0.3 is 0 Å². The zero-order valence-corrected chi connectivity index (χ0v) is 12.3. The highest BCUT2D eigenvalue weighted by Crippen LogP contribution is 2.23. The van der Waals surface area contributed by atoms with Crippen molar-refractivity contribution >= 4 is 23.0 Å². The number of rotatable bonds is 4. The maximum atomic E-state index is 13.7. The van der Waals surface area contributed by atoms with Crippen molar-refractivity contribution < 1.29 is 8.78 Å². The number of nitrogens with one attached hydrogen (secondary N) is 2. The van der Waals surface area contributed by atoms with E-state index in [4.69, 9.17) is 5.26 Å². The van der Waals surface area contributed by atoms with Gasteiger partial charge in [0.15, 0.2) is 0 Å². The molecule has 0 aliphatic rings. The minimum Gasteiger partial charge on any atom is -0.339 e. The molecule has 0 aliphatic heterocycles. The van der Waals surface area contributed by atoms with Crippen molar-refractivity contribution in [3.05, 3.63) is 72.1 Å². The van der Waals surface area contributed by atoms with E-state index in [0.717, 1.165) is 12.1 Å². The summed E-state index contributed by atoms with van der Waals surface area (Å²) in [5.74, 6) is -0.626. The molecule has 0 saturated heterocycles. The van der Waals surface area contributed by atoms with Crippen LogP contribution in [0.4, 0.5) is 31.8 Å². The van der Waals surface area contributed by atoms with Crippen molar-refractivity contribution in [3.8, 4) is 6.07 Å². The lowest BCUT2D eigenvalue weighted by Crippen LogP contribution is -2.00. The normalized spacial score (nSPS) is 10.0. The van der Waals surface area contributed by atoms with Crippen molar-refractivity contribution in [3.63, 3.8) is 0 Å². The van der Waals surface area contributed by atoms with Gasteiger partial charge in [0.05, 0.1) is 16.9 Å². The first-order valence-corrected chi connectivity index (χ1v) is 6.96. The predicted octanol–water partition coefficient (Wildman–Crippen LogP) is 4.11. The van der Waals surface area contributed by atoms with E-state index in [1.165, 1.54) is 12.4 Å². The largest absolute Gasteiger partial charge is 0.339 e. The number of nitrogens with zero attached hydrogens (tertiary/aromatic N) is 3. The van der Waals surface area contributed by atoms with Crippen LogP contribution in [0.25, 0.3) is 0 Å². The van der Waals surface area contributed by atoms with E-state index in [-0.39, 0.29) is 5.69 Å². The fourth-order valence-corrected chi connectivity index (χ4v) is 2.05. The molecule has 0 unspecified atom stereocenters. The smallest absolute Gasteiger partial charge is 0.149 e. The van der Waals surface area contributed by atoms with Crippen LogP contribution in [-0.4, -0.2) is 9.97 Å². The van der Waals surface area contributed by atoms with Gasteiger partial charge in [-0.1, -0.05) is 12.1 Å². The summed E-state index contributed by atoms with van der Waals surface area (Å²) in [6.45, 7) is 0. The van der Waals surface area contributed by atoms with Gasteiger partial charge in [-0.25, -0.2) is 18.7 Å². The summed E-state index contributed by atoms with van der Waals surface area (Å²) in [4.78, 5) is 8.06. The van der Waals surface area contributed by atoms with Crippen LogP contribution < -0.4 is 10.6 Å². The van der Waals surface area contributed by atoms with Gasteiger partial charge in [0, 0.05) is 12.1 Å². The molecule has 0 fully saturated rings. The van der Waals surface area contributed by atoms with E-state index < -0.39 is 11.6 Å². The third-order valence-electron chi connectivity index (χ3n) is 3.17. The zero-order valence-electron chi connectivity index (χ0n) is 12.3. The summed E-state index contributed by atoms with van der Waals surface area (Å²) in [5.41, 5.74) is 1.16. The molecule has 1 aromatic heterocycles. The maximum absolute atomic E-state index is 13.7. The summed E-state index contributed by atoms with van der Waals surface area (Å²) >= 11 is 0. The molecular formula is C17H11F2N5. The Morgan fingerprint density at radius 2 is 1.58 bits per heavy atom. The first kappa shape index (κ1) is 15.4. The average molecular weight is 323 g/mol. The third kappa shape index (κ3) is 3.44. The zero-order chi connectivity index (χ0) is 16.9. The van der Waals surface area contributed by atoms with E-state index in [2.05, 4.69) is 26.7 Å². The van der Waals surface area contributed by atoms with Crippen molar-refractivity contribution in [2.75, 3.05) is 10.6 Å². The van der Waals surface area contributed by atoms with Crippen molar-refractivity contribution in [1.82, 2.24) is 9.97 Å². The molecule has 7 heteroatoms. The Morgan fingerprint density at radius 1 is 0.875 bits per heavy atom. The molecule has 0 saturated carbocycles. The standard InChI is InChI=1S/C17H11F2N5/c18-12-5-6-15(13(19)7-12)24-17-8-16(21-10-22-17)23-14-4-2-1-3-11(14)9-20/h1-8,10H,(H2,21,22,23,24).